The Hall–Kier alpha value is -3.16. The van der Waals surface area contributed by atoms with Crippen LogP contribution in [-0.2, 0) is 4.74 Å². The monoisotopic (exact) mass is 444 g/mol. The van der Waals surface area contributed by atoms with Crippen molar-refractivity contribution in [3.05, 3.63) is 75.0 Å². The average molecular weight is 445 g/mol. The number of benzene rings is 2. The third kappa shape index (κ3) is 3.36. The fraction of sp³-hybridized carbons (Fsp3) is 0.143. The Balaban J connectivity index is 1.50. The Morgan fingerprint density at radius 3 is 2.23 bits per heavy atom. The molecule has 2 heterocycles. The van der Waals surface area contributed by atoms with Gasteiger partial charge in [0.05, 0.1) is 27.7 Å². The molecule has 7 nitrogen and oxygen atoms in total. The summed E-state index contributed by atoms with van der Waals surface area (Å²) in [5, 5.41) is 4.51. The number of carbonyl (C=O) groups excluding carboxylic acids is 3. The van der Waals surface area contributed by atoms with Gasteiger partial charge in [-0.2, -0.15) is 0 Å². The molecule has 0 aliphatic carbocycles. The number of aryl methyl sites for hydroxylation is 1. The van der Waals surface area contributed by atoms with Crippen LogP contribution in [0.3, 0.4) is 0 Å². The second-order valence-corrected chi connectivity index (χ2v) is 7.32. The molecule has 1 aliphatic rings. The molecule has 0 atom stereocenters. The molecule has 0 unspecified atom stereocenters. The van der Waals surface area contributed by atoms with Gasteiger partial charge in [0.2, 0.25) is 0 Å². The van der Waals surface area contributed by atoms with Gasteiger partial charge >= 0.3 is 5.97 Å². The summed E-state index contributed by atoms with van der Waals surface area (Å²) in [6.45, 7) is 1.29. The van der Waals surface area contributed by atoms with Crippen LogP contribution in [0.15, 0.2) is 47.0 Å². The van der Waals surface area contributed by atoms with Crippen molar-refractivity contribution in [1.29, 1.82) is 0 Å². The summed E-state index contributed by atoms with van der Waals surface area (Å²) >= 11 is 12.4. The van der Waals surface area contributed by atoms with Crippen molar-refractivity contribution < 1.29 is 23.6 Å². The van der Waals surface area contributed by atoms with Crippen molar-refractivity contribution in [2.24, 2.45) is 0 Å². The maximum Gasteiger partial charge on any atom is 0.344 e. The van der Waals surface area contributed by atoms with Crippen LogP contribution in [0.1, 0.15) is 36.8 Å². The molecule has 0 fully saturated rings. The number of ether oxygens (including phenoxy) is 1. The van der Waals surface area contributed by atoms with Gasteiger partial charge < -0.3 is 9.26 Å². The number of imide groups is 1. The maximum absolute atomic E-state index is 12.7. The Bertz CT molecular complexity index is 1130. The first-order valence-electron chi connectivity index (χ1n) is 8.93. The number of esters is 1. The normalized spacial score (nSPS) is 13.0. The fourth-order valence-corrected chi connectivity index (χ4v) is 3.83. The minimum Gasteiger partial charge on any atom is -0.460 e. The molecule has 3 aromatic rings. The number of rotatable bonds is 5. The molecule has 1 aromatic heterocycles. The summed E-state index contributed by atoms with van der Waals surface area (Å²) in [4.78, 5) is 38.5. The molecule has 0 bridgehead atoms. The molecule has 0 saturated heterocycles. The predicted octanol–water partition coefficient (Wildman–Crippen LogP) is 4.41. The van der Waals surface area contributed by atoms with Gasteiger partial charge in [-0.3, -0.25) is 14.5 Å². The first-order valence-corrected chi connectivity index (χ1v) is 9.68. The average Bonchev–Trinajstić information content (AvgIpc) is 3.21. The van der Waals surface area contributed by atoms with Crippen molar-refractivity contribution >= 4 is 41.0 Å². The van der Waals surface area contributed by atoms with E-state index in [-0.39, 0.29) is 30.2 Å². The zero-order chi connectivity index (χ0) is 21.4. The first kappa shape index (κ1) is 20.1. The molecule has 0 radical (unpaired) electrons. The van der Waals surface area contributed by atoms with Crippen LogP contribution in [0, 0.1) is 6.92 Å². The van der Waals surface area contributed by atoms with Gasteiger partial charge in [0.25, 0.3) is 11.8 Å². The highest BCUT2D eigenvalue weighted by Crippen LogP contribution is 2.37. The Kier molecular flexibility index (Phi) is 5.32. The molecule has 30 heavy (non-hydrogen) atoms. The second-order valence-electron chi connectivity index (χ2n) is 6.50. The van der Waals surface area contributed by atoms with Crippen LogP contribution >= 0.6 is 23.2 Å². The highest BCUT2D eigenvalue weighted by atomic mass is 35.5. The van der Waals surface area contributed by atoms with Gasteiger partial charge in [0.1, 0.15) is 23.6 Å². The van der Waals surface area contributed by atoms with Crippen molar-refractivity contribution in [2.45, 2.75) is 6.92 Å². The maximum atomic E-state index is 12.7. The summed E-state index contributed by atoms with van der Waals surface area (Å²) in [6.07, 6.45) is 0. The van der Waals surface area contributed by atoms with Crippen molar-refractivity contribution in [2.75, 3.05) is 13.2 Å². The van der Waals surface area contributed by atoms with Crippen LogP contribution in [0.2, 0.25) is 10.0 Å². The number of hydrogen-bond donors (Lipinski definition) is 0. The van der Waals surface area contributed by atoms with Crippen LogP contribution in [-0.4, -0.2) is 41.0 Å². The van der Waals surface area contributed by atoms with E-state index in [4.69, 9.17) is 32.5 Å². The summed E-state index contributed by atoms with van der Waals surface area (Å²) in [6, 6.07) is 11.4. The molecular formula is C21H14Cl2N2O5. The third-order valence-corrected chi connectivity index (χ3v) is 5.32. The van der Waals surface area contributed by atoms with Gasteiger partial charge in [-0.15, -0.1) is 0 Å². The number of halogens is 2. The molecule has 4 rings (SSSR count). The van der Waals surface area contributed by atoms with E-state index in [1.165, 1.54) is 0 Å². The van der Waals surface area contributed by atoms with E-state index < -0.39 is 17.8 Å². The van der Waals surface area contributed by atoms with E-state index in [1.54, 1.807) is 49.4 Å². The van der Waals surface area contributed by atoms with Crippen molar-refractivity contribution in [3.8, 4) is 11.3 Å². The summed E-state index contributed by atoms with van der Waals surface area (Å²) in [7, 11) is 0. The highest BCUT2D eigenvalue weighted by Gasteiger charge is 2.35. The van der Waals surface area contributed by atoms with E-state index >= 15 is 0 Å². The molecule has 1 aliphatic heterocycles. The van der Waals surface area contributed by atoms with E-state index in [1.807, 2.05) is 0 Å². The predicted molar refractivity (Wildman–Crippen MR) is 109 cm³/mol. The Morgan fingerprint density at radius 2 is 1.63 bits per heavy atom. The number of nitrogens with zero attached hydrogens (tertiary/aromatic N) is 2. The quantitative estimate of drug-likeness (QED) is 0.427. The van der Waals surface area contributed by atoms with Gasteiger partial charge in [-0.05, 0) is 31.2 Å². The molecule has 152 valence electrons. The third-order valence-electron chi connectivity index (χ3n) is 4.69. The molecule has 2 aromatic carbocycles. The topological polar surface area (TPSA) is 89.7 Å². The smallest absolute Gasteiger partial charge is 0.344 e. The lowest BCUT2D eigenvalue weighted by atomic mass is 10.1. The number of fused-ring (bicyclic) bond motifs is 1. The van der Waals surface area contributed by atoms with Crippen LogP contribution in [0.4, 0.5) is 0 Å². The molecule has 9 heteroatoms. The standard InChI is InChI=1S/C21H14Cl2N2O5/c1-11-16(18(24-30-11)17-14(22)7-4-8-15(17)23)21(28)29-10-9-25-19(26)12-5-2-3-6-13(12)20(25)27/h2-8H,9-10H2,1H3. The highest BCUT2D eigenvalue weighted by molar-refractivity contribution is 6.39. The van der Waals surface area contributed by atoms with E-state index in [2.05, 4.69) is 5.16 Å². The molecule has 2 amide bonds. The van der Waals surface area contributed by atoms with Crippen molar-refractivity contribution in [3.63, 3.8) is 0 Å². The summed E-state index contributed by atoms with van der Waals surface area (Å²) < 4.78 is 10.4. The lowest BCUT2D eigenvalue weighted by Gasteiger charge is -2.14. The van der Waals surface area contributed by atoms with Crippen LogP contribution in [0.25, 0.3) is 11.3 Å². The summed E-state index contributed by atoms with van der Waals surface area (Å²) in [5.41, 5.74) is 1.25. The van der Waals surface area contributed by atoms with E-state index in [0.717, 1.165) is 4.90 Å². The van der Waals surface area contributed by atoms with Gasteiger partial charge in [-0.25, -0.2) is 4.79 Å². The zero-order valence-electron chi connectivity index (χ0n) is 15.6. The SMILES string of the molecule is Cc1onc(-c2c(Cl)cccc2Cl)c1C(=O)OCCN1C(=O)c2ccccc2C1=O. The van der Waals surface area contributed by atoms with Gasteiger partial charge in [-0.1, -0.05) is 46.6 Å². The number of carbonyl (C=O) groups is 3. The first-order chi connectivity index (χ1) is 14.4. The number of aromatic nitrogens is 1. The Morgan fingerprint density at radius 1 is 1.03 bits per heavy atom. The minimum atomic E-state index is -0.726. The van der Waals surface area contributed by atoms with Crippen LogP contribution < -0.4 is 0 Å². The van der Waals surface area contributed by atoms with Gasteiger partial charge in [0.15, 0.2) is 0 Å². The minimum absolute atomic E-state index is 0.0763. The lowest BCUT2D eigenvalue weighted by molar-refractivity contribution is 0.0419. The molecule has 0 saturated carbocycles. The molecular weight excluding hydrogens is 431 g/mol. The fourth-order valence-electron chi connectivity index (χ4n) is 3.25. The van der Waals surface area contributed by atoms with E-state index in [0.29, 0.717) is 26.7 Å². The molecule has 0 spiro atoms. The number of hydrogen-bond acceptors (Lipinski definition) is 6. The second kappa shape index (κ2) is 7.93. The van der Waals surface area contributed by atoms with Crippen molar-refractivity contribution in [1.82, 2.24) is 10.1 Å². The molecule has 0 N–H and O–H groups in total. The lowest BCUT2D eigenvalue weighted by Crippen LogP contribution is -2.33. The van der Waals surface area contributed by atoms with Gasteiger partial charge in [0, 0.05) is 5.56 Å². The zero-order valence-corrected chi connectivity index (χ0v) is 17.2. The summed E-state index contributed by atoms with van der Waals surface area (Å²) in [5.74, 6) is -1.34. The van der Waals surface area contributed by atoms with E-state index in [9.17, 15) is 14.4 Å². The van der Waals surface area contributed by atoms with Crippen LogP contribution in [0.5, 0.6) is 0 Å². The largest absolute Gasteiger partial charge is 0.460 e. The number of amides is 2. The Labute approximate surface area is 181 Å².